The average Bonchev–Trinajstić information content (AvgIpc) is 2.10. The van der Waals surface area contributed by atoms with E-state index in [4.69, 9.17) is 4.18 Å². The first-order valence-corrected chi connectivity index (χ1v) is 7.95. The van der Waals surface area contributed by atoms with Gasteiger partial charge in [0.1, 0.15) is 9.21 Å². The molecule has 0 saturated carbocycles. The summed E-state index contributed by atoms with van der Waals surface area (Å²) in [6.07, 6.45) is 3.85. The van der Waals surface area contributed by atoms with Crippen molar-refractivity contribution < 1.29 is 4.18 Å². The van der Waals surface area contributed by atoms with Crippen LogP contribution in [-0.4, -0.2) is 4.98 Å². The van der Waals surface area contributed by atoms with Crippen LogP contribution in [0.25, 0.3) is 0 Å². The molecule has 0 atom stereocenters. The number of rotatable bonds is 4. The van der Waals surface area contributed by atoms with Gasteiger partial charge in [-0.3, -0.25) is 0 Å². The number of pyridine rings is 1. The van der Waals surface area contributed by atoms with Crippen molar-refractivity contribution in [1.82, 2.24) is 4.98 Å². The van der Waals surface area contributed by atoms with Crippen LogP contribution in [0, 0.1) is 0 Å². The second kappa shape index (κ2) is 6.08. The van der Waals surface area contributed by atoms with Crippen LogP contribution in [0.5, 0.6) is 5.88 Å². The Kier molecular flexibility index (Phi) is 5.42. The molecule has 0 aliphatic heterocycles. The Bertz CT molecular complexity index is 285. The predicted molar refractivity (Wildman–Crippen MR) is 68.2 cm³/mol. The van der Waals surface area contributed by atoms with E-state index in [0.717, 1.165) is 28.8 Å². The minimum atomic E-state index is 0.726. The predicted octanol–water partition coefficient (Wildman–Crippen LogP) is 4.17. The highest BCUT2D eigenvalue weighted by molar-refractivity contribution is 14.2. The lowest BCUT2D eigenvalue weighted by molar-refractivity contribution is 0.610. The third kappa shape index (κ3) is 3.63. The largest absolute Gasteiger partial charge is 0.395 e. The van der Waals surface area contributed by atoms with Gasteiger partial charge in [-0.15, -0.1) is 0 Å². The second-order valence-corrected chi connectivity index (χ2v) is 4.80. The Hall–Kier alpha value is 0.510. The third-order valence-electron chi connectivity index (χ3n) is 1.52. The van der Waals surface area contributed by atoms with Crippen molar-refractivity contribution in [1.29, 1.82) is 0 Å². The zero-order chi connectivity index (χ0) is 9.68. The van der Waals surface area contributed by atoms with Gasteiger partial charge in [0, 0.05) is 37.4 Å². The zero-order valence-electron chi connectivity index (χ0n) is 7.09. The summed E-state index contributed by atoms with van der Waals surface area (Å²) in [4.78, 5) is 4.19. The molecule has 1 rings (SSSR count). The summed E-state index contributed by atoms with van der Waals surface area (Å²) in [7, 11) is 1.29. The van der Waals surface area contributed by atoms with Crippen molar-refractivity contribution in [3.63, 3.8) is 0 Å². The molecule has 0 amide bonds. The summed E-state index contributed by atoms with van der Waals surface area (Å²) in [5.74, 6) is 0.726. The van der Waals surface area contributed by atoms with Crippen molar-refractivity contribution in [3.8, 4) is 5.88 Å². The lowest BCUT2D eigenvalue weighted by Crippen LogP contribution is -1.92. The molecule has 0 radical (unpaired) electrons. The average molecular weight is 374 g/mol. The molecule has 0 aliphatic rings. The van der Waals surface area contributed by atoms with Gasteiger partial charge in [-0.05, 0) is 28.4 Å². The monoisotopic (exact) mass is 373 g/mol. The first-order chi connectivity index (χ1) is 6.27. The molecule has 1 heterocycles. The normalized spacial score (nSPS) is 10.1. The maximum Gasteiger partial charge on any atom is 0.232 e. The highest BCUT2D eigenvalue weighted by Gasteiger charge is 2.05. The minimum Gasteiger partial charge on any atom is -0.395 e. The van der Waals surface area contributed by atoms with Crippen molar-refractivity contribution in [2.45, 2.75) is 19.8 Å². The third-order valence-corrected chi connectivity index (χ3v) is 2.72. The van der Waals surface area contributed by atoms with E-state index in [1.165, 1.54) is 9.21 Å². The molecule has 0 N–H and O–H groups in total. The van der Waals surface area contributed by atoms with E-state index >= 15 is 0 Å². The summed E-state index contributed by atoms with van der Waals surface area (Å²) < 4.78 is 6.32. The van der Waals surface area contributed by atoms with Gasteiger partial charge in [0.25, 0.3) is 0 Å². The van der Waals surface area contributed by atoms with Crippen LogP contribution >= 0.6 is 46.3 Å². The Morgan fingerprint density at radius 3 is 3.08 bits per heavy atom. The van der Waals surface area contributed by atoms with Crippen LogP contribution in [0.3, 0.4) is 0 Å². The van der Waals surface area contributed by atoms with E-state index in [1.54, 1.807) is 6.20 Å². The maximum absolute atomic E-state index is 5.32. The van der Waals surface area contributed by atoms with E-state index in [-0.39, 0.29) is 0 Å². The summed E-state index contributed by atoms with van der Waals surface area (Å²) in [6.45, 7) is 2.14. The fourth-order valence-corrected chi connectivity index (χ4v) is 2.12. The summed E-state index contributed by atoms with van der Waals surface area (Å²) >= 11 is 5.48. The smallest absolute Gasteiger partial charge is 0.232 e. The first-order valence-electron chi connectivity index (χ1n) is 3.87. The molecular weight excluding hydrogens is 365 g/mol. The molecule has 1 aromatic heterocycles. The van der Waals surface area contributed by atoms with Gasteiger partial charge in [0.05, 0.1) is 0 Å². The van der Waals surface area contributed by atoms with Crippen LogP contribution in [0.4, 0.5) is 0 Å². The van der Waals surface area contributed by atoms with Gasteiger partial charge in [0.15, 0.2) is 0 Å². The number of hydrogen-bond donors (Lipinski definition) is 0. The van der Waals surface area contributed by atoms with Crippen LogP contribution in [0.2, 0.25) is 0 Å². The van der Waals surface area contributed by atoms with Crippen LogP contribution < -0.4 is 4.18 Å². The molecular formula is C8H9BrINOS. The zero-order valence-corrected chi connectivity index (χ0v) is 11.6. The fourth-order valence-electron chi connectivity index (χ4n) is 1.02. The molecule has 0 bridgehead atoms. The van der Waals surface area contributed by atoms with Gasteiger partial charge in [-0.25, -0.2) is 4.98 Å². The number of halogens is 2. The minimum absolute atomic E-state index is 0.726. The standard InChI is InChI=1S/C8H9BrINOS/c1-2-3-6-4-7(9)5-11-8(6)12-13-10/h4-5H,2-3H2,1H3. The highest BCUT2D eigenvalue weighted by atomic mass is 127. The van der Waals surface area contributed by atoms with Gasteiger partial charge >= 0.3 is 0 Å². The van der Waals surface area contributed by atoms with E-state index < -0.39 is 0 Å². The molecule has 0 aliphatic carbocycles. The molecule has 0 saturated heterocycles. The molecule has 0 aromatic carbocycles. The van der Waals surface area contributed by atoms with Crippen molar-refractivity contribution in [3.05, 3.63) is 22.3 Å². The molecule has 5 heteroatoms. The van der Waals surface area contributed by atoms with E-state index in [9.17, 15) is 0 Å². The Morgan fingerprint density at radius 2 is 2.46 bits per heavy atom. The molecule has 0 fully saturated rings. The highest BCUT2D eigenvalue weighted by Crippen LogP contribution is 2.26. The fraction of sp³-hybridized carbons (Fsp3) is 0.375. The molecule has 72 valence electrons. The van der Waals surface area contributed by atoms with Crippen molar-refractivity contribution >= 4 is 46.3 Å². The Morgan fingerprint density at radius 1 is 1.69 bits per heavy atom. The van der Waals surface area contributed by atoms with E-state index in [0.29, 0.717) is 0 Å². The number of aryl methyl sites for hydroxylation is 1. The number of nitrogens with zero attached hydrogens (tertiary/aromatic N) is 1. The lowest BCUT2D eigenvalue weighted by atomic mass is 10.2. The van der Waals surface area contributed by atoms with Crippen LogP contribution in [-0.2, 0) is 6.42 Å². The van der Waals surface area contributed by atoms with Crippen molar-refractivity contribution in [2.24, 2.45) is 0 Å². The second-order valence-electron chi connectivity index (χ2n) is 2.51. The van der Waals surface area contributed by atoms with Crippen molar-refractivity contribution in [2.75, 3.05) is 0 Å². The topological polar surface area (TPSA) is 22.1 Å². The molecule has 1 aromatic rings. The Balaban J connectivity index is 2.89. The van der Waals surface area contributed by atoms with Gasteiger partial charge in [0.2, 0.25) is 5.88 Å². The van der Waals surface area contributed by atoms with E-state index in [2.05, 4.69) is 55.1 Å². The molecule has 2 nitrogen and oxygen atoms in total. The molecule has 0 spiro atoms. The summed E-state index contributed by atoms with van der Waals surface area (Å²) in [5.41, 5.74) is 1.15. The Labute approximate surface area is 103 Å². The SMILES string of the molecule is CCCc1cc(Br)cnc1OSI. The van der Waals surface area contributed by atoms with Gasteiger partial charge in [-0.2, -0.15) is 0 Å². The van der Waals surface area contributed by atoms with Gasteiger partial charge in [-0.1, -0.05) is 13.3 Å². The van der Waals surface area contributed by atoms with Gasteiger partial charge < -0.3 is 4.18 Å². The molecule has 13 heavy (non-hydrogen) atoms. The lowest BCUT2D eigenvalue weighted by Gasteiger charge is -2.05. The summed E-state index contributed by atoms with van der Waals surface area (Å²) in [5, 5.41) is 0. The summed E-state index contributed by atoms with van der Waals surface area (Å²) in [6, 6.07) is 2.05. The first kappa shape index (κ1) is 11.6. The van der Waals surface area contributed by atoms with Crippen LogP contribution in [0.1, 0.15) is 18.9 Å². The molecule has 0 unspecified atom stereocenters. The van der Waals surface area contributed by atoms with Crippen LogP contribution in [0.15, 0.2) is 16.7 Å². The number of aromatic nitrogens is 1. The maximum atomic E-state index is 5.32. The quantitative estimate of drug-likeness (QED) is 0.584. The van der Waals surface area contributed by atoms with E-state index in [1.807, 2.05) is 0 Å². The number of hydrogen-bond acceptors (Lipinski definition) is 3.